The van der Waals surface area contributed by atoms with Crippen molar-refractivity contribution in [2.45, 2.75) is 12.8 Å². The van der Waals surface area contributed by atoms with E-state index in [2.05, 4.69) is 5.32 Å². The first-order valence-electron chi connectivity index (χ1n) is 7.41. The minimum atomic E-state index is 0.159. The molecule has 3 heteroatoms. The highest BCUT2D eigenvalue weighted by atomic mass is 16.5. The van der Waals surface area contributed by atoms with Gasteiger partial charge in [0.15, 0.2) is 5.78 Å². The van der Waals surface area contributed by atoms with Gasteiger partial charge in [0.25, 0.3) is 0 Å². The lowest BCUT2D eigenvalue weighted by molar-refractivity contribution is 0.0895. The largest absolute Gasteiger partial charge is 0.457 e. The van der Waals surface area contributed by atoms with Crippen LogP contribution in [0.4, 0.5) is 0 Å². The minimum Gasteiger partial charge on any atom is -0.457 e. The maximum atomic E-state index is 12.4. The molecule has 1 aliphatic rings. The number of hydrogen-bond acceptors (Lipinski definition) is 3. The standard InChI is InChI=1S/C18H19NO2/c20-18(15-10-12-19-13-11-15)14-6-8-17(9-7-14)21-16-4-2-1-3-5-16/h1-9,15,19H,10-13H2. The van der Waals surface area contributed by atoms with E-state index >= 15 is 0 Å². The van der Waals surface area contributed by atoms with Gasteiger partial charge in [-0.15, -0.1) is 0 Å². The maximum Gasteiger partial charge on any atom is 0.166 e. The van der Waals surface area contributed by atoms with Gasteiger partial charge in [0.05, 0.1) is 0 Å². The second-order valence-electron chi connectivity index (χ2n) is 5.33. The molecule has 1 heterocycles. The number of piperidine rings is 1. The fourth-order valence-electron chi connectivity index (χ4n) is 2.63. The summed E-state index contributed by atoms with van der Waals surface area (Å²) in [4.78, 5) is 12.4. The Labute approximate surface area is 124 Å². The number of Topliss-reactive ketones (excluding diaryl/α,β-unsaturated/α-hetero) is 1. The van der Waals surface area contributed by atoms with Crippen molar-refractivity contribution < 1.29 is 9.53 Å². The Kier molecular flexibility index (Phi) is 4.31. The summed E-state index contributed by atoms with van der Waals surface area (Å²) in [5, 5.41) is 3.29. The topological polar surface area (TPSA) is 38.3 Å². The monoisotopic (exact) mass is 281 g/mol. The van der Waals surface area contributed by atoms with E-state index in [0.29, 0.717) is 0 Å². The predicted octanol–water partition coefficient (Wildman–Crippen LogP) is 3.66. The molecular weight excluding hydrogens is 262 g/mol. The third-order valence-electron chi connectivity index (χ3n) is 3.83. The average molecular weight is 281 g/mol. The van der Waals surface area contributed by atoms with Crippen molar-refractivity contribution in [1.82, 2.24) is 5.32 Å². The van der Waals surface area contributed by atoms with E-state index in [1.54, 1.807) is 0 Å². The highest BCUT2D eigenvalue weighted by Gasteiger charge is 2.21. The van der Waals surface area contributed by atoms with Crippen LogP contribution in [0.1, 0.15) is 23.2 Å². The van der Waals surface area contributed by atoms with Crippen LogP contribution in [-0.4, -0.2) is 18.9 Å². The molecule has 1 aliphatic heterocycles. The SMILES string of the molecule is O=C(c1ccc(Oc2ccccc2)cc1)C1CCNCC1. The highest BCUT2D eigenvalue weighted by Crippen LogP contribution is 2.23. The van der Waals surface area contributed by atoms with Crippen molar-refractivity contribution >= 4 is 5.78 Å². The summed E-state index contributed by atoms with van der Waals surface area (Å²) in [6.07, 6.45) is 1.86. The van der Waals surface area contributed by atoms with Crippen LogP contribution >= 0.6 is 0 Å². The second kappa shape index (κ2) is 6.55. The van der Waals surface area contributed by atoms with E-state index in [4.69, 9.17) is 4.74 Å². The molecule has 0 bridgehead atoms. The lowest BCUT2D eigenvalue weighted by Crippen LogP contribution is -2.31. The van der Waals surface area contributed by atoms with E-state index in [1.165, 1.54) is 0 Å². The van der Waals surface area contributed by atoms with Crippen LogP contribution < -0.4 is 10.1 Å². The number of benzene rings is 2. The molecule has 2 aromatic carbocycles. The zero-order valence-electron chi connectivity index (χ0n) is 11.9. The molecule has 21 heavy (non-hydrogen) atoms. The Morgan fingerprint density at radius 3 is 2.19 bits per heavy atom. The van der Waals surface area contributed by atoms with Crippen molar-refractivity contribution in [3.05, 3.63) is 60.2 Å². The van der Waals surface area contributed by atoms with Crippen LogP contribution in [0, 0.1) is 5.92 Å². The normalized spacial score (nSPS) is 15.6. The van der Waals surface area contributed by atoms with Crippen molar-refractivity contribution in [2.75, 3.05) is 13.1 Å². The fourth-order valence-corrected chi connectivity index (χ4v) is 2.63. The summed E-state index contributed by atoms with van der Waals surface area (Å²) in [6.45, 7) is 1.87. The summed E-state index contributed by atoms with van der Waals surface area (Å²) in [5.41, 5.74) is 0.780. The molecule has 1 fully saturated rings. The van der Waals surface area contributed by atoms with Gasteiger partial charge in [-0.3, -0.25) is 4.79 Å². The van der Waals surface area contributed by atoms with Gasteiger partial charge in [0, 0.05) is 11.5 Å². The van der Waals surface area contributed by atoms with Gasteiger partial charge in [-0.25, -0.2) is 0 Å². The lowest BCUT2D eigenvalue weighted by Gasteiger charge is -2.21. The molecule has 1 N–H and O–H groups in total. The third kappa shape index (κ3) is 3.50. The summed E-state index contributed by atoms with van der Waals surface area (Å²) >= 11 is 0. The van der Waals surface area contributed by atoms with Gasteiger partial charge >= 0.3 is 0 Å². The number of carbonyl (C=O) groups is 1. The van der Waals surface area contributed by atoms with Crippen LogP contribution in [0.2, 0.25) is 0 Å². The molecule has 0 aromatic heterocycles. The van der Waals surface area contributed by atoms with Gasteiger partial charge in [0.2, 0.25) is 0 Å². The van der Waals surface area contributed by atoms with Crippen molar-refractivity contribution in [2.24, 2.45) is 5.92 Å². The van der Waals surface area contributed by atoms with Gasteiger partial charge in [0.1, 0.15) is 11.5 Å². The lowest BCUT2D eigenvalue weighted by atomic mass is 9.90. The molecule has 1 saturated heterocycles. The first kappa shape index (κ1) is 13.8. The van der Waals surface area contributed by atoms with Crippen molar-refractivity contribution in [3.8, 4) is 11.5 Å². The Bertz CT molecular complexity index is 586. The van der Waals surface area contributed by atoms with Crippen molar-refractivity contribution in [1.29, 1.82) is 0 Å². The van der Waals surface area contributed by atoms with E-state index in [1.807, 2.05) is 54.6 Å². The number of para-hydroxylation sites is 1. The molecule has 0 atom stereocenters. The molecule has 0 radical (unpaired) electrons. The van der Waals surface area contributed by atoms with Crippen LogP contribution in [0.3, 0.4) is 0 Å². The molecule has 2 aromatic rings. The zero-order valence-corrected chi connectivity index (χ0v) is 11.9. The van der Waals surface area contributed by atoms with E-state index < -0.39 is 0 Å². The molecular formula is C18H19NO2. The average Bonchev–Trinajstić information content (AvgIpc) is 2.57. The number of nitrogens with one attached hydrogen (secondary N) is 1. The first-order valence-corrected chi connectivity index (χ1v) is 7.41. The van der Waals surface area contributed by atoms with Gasteiger partial charge < -0.3 is 10.1 Å². The minimum absolute atomic E-state index is 0.159. The summed E-state index contributed by atoms with van der Waals surface area (Å²) in [6, 6.07) is 17.1. The van der Waals surface area contributed by atoms with Crippen LogP contribution in [0.15, 0.2) is 54.6 Å². The molecule has 0 amide bonds. The number of ether oxygens (including phenoxy) is 1. The number of rotatable bonds is 4. The number of hydrogen-bond donors (Lipinski definition) is 1. The number of ketones is 1. The summed E-state index contributed by atoms with van der Waals surface area (Å²) in [7, 11) is 0. The molecule has 0 spiro atoms. The van der Waals surface area contributed by atoms with E-state index in [9.17, 15) is 4.79 Å². The van der Waals surface area contributed by atoms with Gasteiger partial charge in [-0.05, 0) is 62.3 Å². The van der Waals surface area contributed by atoms with Gasteiger partial charge in [-0.2, -0.15) is 0 Å². The third-order valence-corrected chi connectivity index (χ3v) is 3.83. The van der Waals surface area contributed by atoms with E-state index in [0.717, 1.165) is 43.0 Å². The summed E-state index contributed by atoms with van der Waals surface area (Å²) < 4.78 is 5.74. The van der Waals surface area contributed by atoms with E-state index in [-0.39, 0.29) is 11.7 Å². The molecule has 108 valence electrons. The Hall–Kier alpha value is -2.13. The van der Waals surface area contributed by atoms with Crippen molar-refractivity contribution in [3.63, 3.8) is 0 Å². The zero-order chi connectivity index (χ0) is 14.5. The molecule has 0 aliphatic carbocycles. The first-order chi connectivity index (χ1) is 10.3. The van der Waals surface area contributed by atoms with Crippen LogP contribution in [-0.2, 0) is 0 Å². The fraction of sp³-hybridized carbons (Fsp3) is 0.278. The molecule has 0 unspecified atom stereocenters. The van der Waals surface area contributed by atoms with Gasteiger partial charge in [-0.1, -0.05) is 18.2 Å². The maximum absolute atomic E-state index is 12.4. The quantitative estimate of drug-likeness (QED) is 0.869. The Morgan fingerprint density at radius 1 is 0.905 bits per heavy atom. The Balaban J connectivity index is 1.67. The summed E-state index contributed by atoms with van der Waals surface area (Å²) in [5.74, 6) is 1.97. The number of carbonyl (C=O) groups excluding carboxylic acids is 1. The second-order valence-corrected chi connectivity index (χ2v) is 5.33. The highest BCUT2D eigenvalue weighted by molar-refractivity contribution is 5.98. The van der Waals surface area contributed by atoms with Crippen LogP contribution in [0.25, 0.3) is 0 Å². The smallest absolute Gasteiger partial charge is 0.166 e. The predicted molar refractivity (Wildman–Crippen MR) is 82.9 cm³/mol. The molecule has 0 saturated carbocycles. The Morgan fingerprint density at radius 2 is 1.52 bits per heavy atom. The van der Waals surface area contributed by atoms with Crippen LogP contribution in [0.5, 0.6) is 11.5 Å². The molecule has 3 nitrogen and oxygen atoms in total. The molecule has 3 rings (SSSR count).